The van der Waals surface area contributed by atoms with Gasteiger partial charge in [0, 0.05) is 24.7 Å². The van der Waals surface area contributed by atoms with Crippen molar-refractivity contribution in [3.05, 3.63) is 64.7 Å². The molecule has 27 heavy (non-hydrogen) atoms. The van der Waals surface area contributed by atoms with Gasteiger partial charge in [-0.05, 0) is 56.9 Å². The molecule has 1 fully saturated rings. The van der Waals surface area contributed by atoms with Crippen molar-refractivity contribution in [2.75, 3.05) is 13.1 Å². The quantitative estimate of drug-likeness (QED) is 0.877. The lowest BCUT2D eigenvalue weighted by Gasteiger charge is -2.32. The number of rotatable bonds is 4. The predicted octanol–water partition coefficient (Wildman–Crippen LogP) is 3.19. The number of carbonyl (C=O) groups is 1. The average Bonchev–Trinajstić information content (AvgIpc) is 2.62. The number of nitrogens with one attached hydrogen (secondary N) is 1. The summed E-state index contributed by atoms with van der Waals surface area (Å²) in [7, 11) is -3.50. The maximum Gasteiger partial charge on any atom is 0.251 e. The van der Waals surface area contributed by atoms with E-state index in [1.807, 2.05) is 57.2 Å². The second kappa shape index (κ2) is 7.82. The SMILES string of the molecule is Cc1ccc(S(=O)(=O)N2CCC(NC(=O)c3ccccc3C)CC2)c(C)c1. The highest BCUT2D eigenvalue weighted by atomic mass is 32.2. The third kappa shape index (κ3) is 4.22. The first kappa shape index (κ1) is 19.6. The monoisotopic (exact) mass is 386 g/mol. The molecule has 0 bridgehead atoms. The summed E-state index contributed by atoms with van der Waals surface area (Å²) in [6.07, 6.45) is 1.23. The van der Waals surface area contributed by atoms with E-state index in [2.05, 4.69) is 5.32 Å². The van der Waals surface area contributed by atoms with Crippen molar-refractivity contribution in [3.63, 3.8) is 0 Å². The first-order valence-electron chi connectivity index (χ1n) is 9.23. The van der Waals surface area contributed by atoms with E-state index < -0.39 is 10.0 Å². The van der Waals surface area contributed by atoms with Crippen molar-refractivity contribution in [2.45, 2.75) is 44.6 Å². The minimum atomic E-state index is -3.50. The van der Waals surface area contributed by atoms with Crippen LogP contribution in [0.3, 0.4) is 0 Å². The van der Waals surface area contributed by atoms with Gasteiger partial charge in [0.15, 0.2) is 0 Å². The van der Waals surface area contributed by atoms with E-state index in [1.54, 1.807) is 6.07 Å². The van der Waals surface area contributed by atoms with Gasteiger partial charge < -0.3 is 5.32 Å². The molecular weight excluding hydrogens is 360 g/mol. The fraction of sp³-hybridized carbons (Fsp3) is 0.381. The molecule has 0 aliphatic carbocycles. The van der Waals surface area contributed by atoms with Crippen molar-refractivity contribution in [3.8, 4) is 0 Å². The van der Waals surface area contributed by atoms with E-state index in [0.717, 1.165) is 16.7 Å². The Balaban J connectivity index is 1.65. The van der Waals surface area contributed by atoms with E-state index in [1.165, 1.54) is 4.31 Å². The highest BCUT2D eigenvalue weighted by Gasteiger charge is 2.31. The first-order valence-corrected chi connectivity index (χ1v) is 10.7. The zero-order valence-corrected chi connectivity index (χ0v) is 16.8. The van der Waals surface area contributed by atoms with Crippen LogP contribution in [0.2, 0.25) is 0 Å². The zero-order chi connectivity index (χ0) is 19.6. The van der Waals surface area contributed by atoms with Crippen LogP contribution in [-0.2, 0) is 10.0 Å². The normalized spacial score (nSPS) is 16.3. The van der Waals surface area contributed by atoms with Gasteiger partial charge in [-0.2, -0.15) is 4.31 Å². The van der Waals surface area contributed by atoms with E-state index in [9.17, 15) is 13.2 Å². The van der Waals surface area contributed by atoms with Crippen LogP contribution in [0.25, 0.3) is 0 Å². The van der Waals surface area contributed by atoms with Gasteiger partial charge in [-0.3, -0.25) is 4.79 Å². The predicted molar refractivity (Wildman–Crippen MR) is 106 cm³/mol. The first-order chi connectivity index (χ1) is 12.8. The van der Waals surface area contributed by atoms with Gasteiger partial charge in [0.05, 0.1) is 4.90 Å². The molecule has 0 atom stereocenters. The van der Waals surface area contributed by atoms with Gasteiger partial charge in [0.2, 0.25) is 10.0 Å². The molecule has 1 N–H and O–H groups in total. The average molecular weight is 387 g/mol. The smallest absolute Gasteiger partial charge is 0.251 e. The minimum absolute atomic E-state index is 0.0114. The lowest BCUT2D eigenvalue weighted by atomic mass is 10.0. The Morgan fingerprint density at radius 2 is 1.67 bits per heavy atom. The number of piperidine rings is 1. The molecule has 0 saturated carbocycles. The largest absolute Gasteiger partial charge is 0.349 e. The Kier molecular flexibility index (Phi) is 5.67. The van der Waals surface area contributed by atoms with Crippen LogP contribution in [0.4, 0.5) is 0 Å². The Morgan fingerprint density at radius 3 is 2.30 bits per heavy atom. The topological polar surface area (TPSA) is 66.5 Å². The molecule has 1 aliphatic rings. The Hall–Kier alpha value is -2.18. The number of carbonyl (C=O) groups excluding carboxylic acids is 1. The van der Waals surface area contributed by atoms with Crippen LogP contribution in [0, 0.1) is 20.8 Å². The molecule has 5 nitrogen and oxygen atoms in total. The van der Waals surface area contributed by atoms with E-state index in [-0.39, 0.29) is 11.9 Å². The molecule has 0 spiro atoms. The summed E-state index contributed by atoms with van der Waals surface area (Å²) in [4.78, 5) is 12.8. The van der Waals surface area contributed by atoms with Gasteiger partial charge in [-0.1, -0.05) is 35.9 Å². The summed E-state index contributed by atoms with van der Waals surface area (Å²) < 4.78 is 27.4. The van der Waals surface area contributed by atoms with E-state index >= 15 is 0 Å². The molecule has 0 unspecified atom stereocenters. The van der Waals surface area contributed by atoms with Gasteiger partial charge >= 0.3 is 0 Å². The van der Waals surface area contributed by atoms with Crippen molar-refractivity contribution in [1.82, 2.24) is 9.62 Å². The van der Waals surface area contributed by atoms with Crippen molar-refractivity contribution >= 4 is 15.9 Å². The summed E-state index contributed by atoms with van der Waals surface area (Å²) in [5, 5.41) is 3.05. The fourth-order valence-electron chi connectivity index (χ4n) is 3.56. The number of amides is 1. The number of hydrogen-bond donors (Lipinski definition) is 1. The van der Waals surface area contributed by atoms with Crippen molar-refractivity contribution < 1.29 is 13.2 Å². The molecule has 2 aromatic carbocycles. The third-order valence-electron chi connectivity index (χ3n) is 5.13. The molecule has 3 rings (SSSR count). The van der Waals surface area contributed by atoms with Crippen LogP contribution in [0.5, 0.6) is 0 Å². The summed E-state index contributed by atoms with van der Waals surface area (Å²) in [5.41, 5.74) is 3.42. The van der Waals surface area contributed by atoms with Gasteiger partial charge in [-0.25, -0.2) is 8.42 Å². The van der Waals surface area contributed by atoms with Crippen molar-refractivity contribution in [2.24, 2.45) is 0 Å². The maximum atomic E-state index is 13.0. The second-order valence-corrected chi connectivity index (χ2v) is 9.14. The molecule has 1 aliphatic heterocycles. The van der Waals surface area contributed by atoms with Crippen LogP contribution in [-0.4, -0.2) is 37.8 Å². The number of sulfonamides is 1. The summed E-state index contributed by atoms with van der Waals surface area (Å²) in [5.74, 6) is -0.0937. The number of hydrogen-bond acceptors (Lipinski definition) is 3. The van der Waals surface area contributed by atoms with Gasteiger partial charge in [-0.15, -0.1) is 0 Å². The second-order valence-electron chi connectivity index (χ2n) is 7.24. The molecule has 0 aromatic heterocycles. The van der Waals surface area contributed by atoms with Crippen LogP contribution in [0.15, 0.2) is 47.4 Å². The van der Waals surface area contributed by atoms with Gasteiger partial charge in [0.1, 0.15) is 0 Å². The Labute approximate surface area is 161 Å². The molecular formula is C21H26N2O3S. The van der Waals surface area contributed by atoms with Crippen LogP contribution in [0.1, 0.15) is 39.9 Å². The molecule has 1 saturated heterocycles. The molecule has 144 valence electrons. The van der Waals surface area contributed by atoms with E-state index in [0.29, 0.717) is 36.4 Å². The molecule has 2 aromatic rings. The van der Waals surface area contributed by atoms with Crippen LogP contribution >= 0.6 is 0 Å². The standard InChI is InChI=1S/C21H26N2O3S/c1-15-8-9-20(17(3)14-15)27(25,26)23-12-10-18(11-13-23)22-21(24)19-7-5-4-6-16(19)2/h4-9,14,18H,10-13H2,1-3H3,(H,22,24). The highest BCUT2D eigenvalue weighted by Crippen LogP contribution is 2.24. The molecule has 1 amide bonds. The summed E-state index contributed by atoms with van der Waals surface area (Å²) >= 11 is 0. The van der Waals surface area contributed by atoms with Crippen LogP contribution < -0.4 is 5.32 Å². The van der Waals surface area contributed by atoms with Crippen molar-refractivity contribution in [1.29, 1.82) is 0 Å². The Morgan fingerprint density at radius 1 is 1.00 bits per heavy atom. The molecule has 6 heteroatoms. The number of aryl methyl sites for hydroxylation is 3. The number of benzene rings is 2. The third-order valence-corrected chi connectivity index (χ3v) is 7.19. The summed E-state index contributed by atoms with van der Waals surface area (Å²) in [6.45, 7) is 6.51. The minimum Gasteiger partial charge on any atom is -0.349 e. The highest BCUT2D eigenvalue weighted by molar-refractivity contribution is 7.89. The summed E-state index contributed by atoms with van der Waals surface area (Å²) in [6, 6.07) is 12.9. The molecule has 1 heterocycles. The number of nitrogens with zero attached hydrogens (tertiary/aromatic N) is 1. The van der Waals surface area contributed by atoms with E-state index in [4.69, 9.17) is 0 Å². The zero-order valence-electron chi connectivity index (χ0n) is 16.0. The molecule has 0 radical (unpaired) electrons. The Bertz CT molecular complexity index is 946. The lowest BCUT2D eigenvalue weighted by molar-refractivity contribution is 0.0923. The maximum absolute atomic E-state index is 13.0. The van der Waals surface area contributed by atoms with Gasteiger partial charge in [0.25, 0.3) is 5.91 Å². The lowest BCUT2D eigenvalue weighted by Crippen LogP contribution is -2.46. The fourth-order valence-corrected chi connectivity index (χ4v) is 5.23.